The van der Waals surface area contributed by atoms with Crippen molar-refractivity contribution in [1.29, 1.82) is 0 Å². The van der Waals surface area contributed by atoms with Gasteiger partial charge in [-0.1, -0.05) is 0 Å². The summed E-state index contributed by atoms with van der Waals surface area (Å²) in [5, 5.41) is 10.1. The Morgan fingerprint density at radius 2 is 2.29 bits per heavy atom. The summed E-state index contributed by atoms with van der Waals surface area (Å²) in [6, 6.07) is 0. The van der Waals surface area contributed by atoms with E-state index in [0.717, 1.165) is 6.20 Å². The third-order valence-corrected chi connectivity index (χ3v) is 4.16. The molecule has 0 bridgehead atoms. The van der Waals surface area contributed by atoms with Gasteiger partial charge in [0.25, 0.3) is 0 Å². The van der Waals surface area contributed by atoms with Gasteiger partial charge in [0.05, 0.1) is 12.8 Å². The molecule has 0 aliphatic carbocycles. The number of anilines is 1. The molecule has 2 aliphatic rings. The van der Waals surface area contributed by atoms with Gasteiger partial charge >= 0.3 is 13.5 Å². The molecule has 0 amide bonds. The van der Waals surface area contributed by atoms with Crippen LogP contribution in [0.1, 0.15) is 6.23 Å². The molecule has 3 heterocycles. The zero-order valence-electron chi connectivity index (χ0n) is 10.3. The Morgan fingerprint density at radius 1 is 1.57 bits per heavy atom. The molecule has 21 heavy (non-hydrogen) atoms. The van der Waals surface area contributed by atoms with Crippen molar-refractivity contribution in [1.82, 2.24) is 9.55 Å². The standard InChI is InChI=1S/C9H11FN3O7P/c10-3-1-13(9(15)12-7(3)11)8-5(14)6-4(19-8)2-18-21(16,17)20-6/h1,4-6,8,14H,2H2,(H,16,17)(H2,11,12,15)/t4?,5-,6?,8-/m1/s1. The average Bonchev–Trinajstić information content (AvgIpc) is 2.70. The van der Waals surface area contributed by atoms with Gasteiger partial charge in [-0.2, -0.15) is 4.98 Å². The van der Waals surface area contributed by atoms with Crippen LogP contribution in [-0.4, -0.2) is 44.5 Å². The van der Waals surface area contributed by atoms with Crippen LogP contribution in [-0.2, 0) is 18.3 Å². The summed E-state index contributed by atoms with van der Waals surface area (Å²) in [7, 11) is -4.28. The Balaban J connectivity index is 1.94. The highest BCUT2D eigenvalue weighted by Crippen LogP contribution is 2.52. The van der Waals surface area contributed by atoms with E-state index in [1.165, 1.54) is 0 Å². The Labute approximate surface area is 116 Å². The van der Waals surface area contributed by atoms with Crippen LogP contribution >= 0.6 is 7.82 Å². The zero-order valence-corrected chi connectivity index (χ0v) is 11.2. The van der Waals surface area contributed by atoms with Crippen LogP contribution in [0.25, 0.3) is 0 Å². The lowest BCUT2D eigenvalue weighted by Gasteiger charge is -2.27. The van der Waals surface area contributed by atoms with Gasteiger partial charge in [0.15, 0.2) is 17.9 Å². The van der Waals surface area contributed by atoms with E-state index < -0.39 is 49.7 Å². The van der Waals surface area contributed by atoms with E-state index in [-0.39, 0.29) is 6.61 Å². The lowest BCUT2D eigenvalue weighted by Crippen LogP contribution is -2.40. The molecule has 2 saturated heterocycles. The van der Waals surface area contributed by atoms with E-state index >= 15 is 0 Å². The maximum absolute atomic E-state index is 13.4. The van der Waals surface area contributed by atoms with E-state index in [4.69, 9.17) is 15.0 Å². The van der Waals surface area contributed by atoms with E-state index in [2.05, 4.69) is 9.51 Å². The molecule has 5 atom stereocenters. The first-order valence-electron chi connectivity index (χ1n) is 5.82. The topological polar surface area (TPSA) is 146 Å². The van der Waals surface area contributed by atoms with Gasteiger partial charge in [0.2, 0.25) is 0 Å². The number of phosphoric acid groups is 1. The number of aromatic nitrogens is 2. The predicted octanol–water partition coefficient (Wildman–Crippen LogP) is -1.26. The van der Waals surface area contributed by atoms with Gasteiger partial charge in [-0.05, 0) is 0 Å². The monoisotopic (exact) mass is 323 g/mol. The maximum Gasteiger partial charge on any atom is 0.472 e. The van der Waals surface area contributed by atoms with Crippen LogP contribution in [0.15, 0.2) is 11.0 Å². The molecule has 3 unspecified atom stereocenters. The Kier molecular flexibility index (Phi) is 3.35. The Morgan fingerprint density at radius 3 is 3.00 bits per heavy atom. The number of nitrogens with zero attached hydrogens (tertiary/aromatic N) is 2. The maximum atomic E-state index is 13.4. The number of nitrogens with two attached hydrogens (primary N) is 1. The van der Waals surface area contributed by atoms with Crippen LogP contribution in [0.2, 0.25) is 0 Å². The smallest absolute Gasteiger partial charge is 0.386 e. The van der Waals surface area contributed by atoms with Crippen molar-refractivity contribution in [2.45, 2.75) is 24.5 Å². The van der Waals surface area contributed by atoms with Gasteiger partial charge in [-0.25, -0.2) is 13.8 Å². The molecule has 0 radical (unpaired) electrons. The second-order valence-electron chi connectivity index (χ2n) is 4.55. The molecular weight excluding hydrogens is 312 g/mol. The van der Waals surface area contributed by atoms with Crippen LogP contribution in [0, 0.1) is 5.82 Å². The van der Waals surface area contributed by atoms with Crippen molar-refractivity contribution in [3.8, 4) is 0 Å². The number of nitrogen functional groups attached to an aromatic ring is 1. The molecule has 0 spiro atoms. The van der Waals surface area contributed by atoms with E-state index in [0.29, 0.717) is 4.57 Å². The van der Waals surface area contributed by atoms with Crippen molar-refractivity contribution in [3.05, 3.63) is 22.5 Å². The van der Waals surface area contributed by atoms with Crippen LogP contribution < -0.4 is 11.4 Å². The number of aliphatic hydroxyl groups excluding tert-OH is 1. The summed E-state index contributed by atoms with van der Waals surface area (Å²) in [5.74, 6) is -1.55. The second-order valence-corrected chi connectivity index (χ2v) is 5.96. The zero-order chi connectivity index (χ0) is 15.4. The number of fused-ring (bicyclic) bond motifs is 1. The number of rotatable bonds is 1. The van der Waals surface area contributed by atoms with Crippen LogP contribution in [0.5, 0.6) is 0 Å². The summed E-state index contributed by atoms with van der Waals surface area (Å²) in [4.78, 5) is 24.2. The van der Waals surface area contributed by atoms with Gasteiger partial charge in [0, 0.05) is 0 Å². The van der Waals surface area contributed by atoms with Gasteiger partial charge in [-0.3, -0.25) is 13.6 Å². The minimum atomic E-state index is -4.28. The molecule has 1 aromatic heterocycles. The normalized spacial score (nSPS) is 39.2. The van der Waals surface area contributed by atoms with Crippen LogP contribution in [0.4, 0.5) is 10.2 Å². The number of ether oxygens (including phenoxy) is 1. The van der Waals surface area contributed by atoms with Gasteiger partial charge < -0.3 is 20.5 Å². The third-order valence-electron chi connectivity index (χ3n) is 3.17. The van der Waals surface area contributed by atoms with Crippen LogP contribution in [0.3, 0.4) is 0 Å². The molecule has 116 valence electrons. The summed E-state index contributed by atoms with van der Waals surface area (Å²) in [6.07, 6.45) is -4.16. The molecule has 0 saturated carbocycles. The first kappa shape index (κ1) is 14.6. The molecule has 12 heteroatoms. The van der Waals surface area contributed by atoms with Crippen molar-refractivity contribution in [2.24, 2.45) is 0 Å². The fourth-order valence-electron chi connectivity index (χ4n) is 2.21. The number of phosphoric ester groups is 1. The number of hydrogen-bond acceptors (Lipinski definition) is 8. The van der Waals surface area contributed by atoms with E-state index in [1.807, 2.05) is 0 Å². The SMILES string of the molecule is Nc1nc(=O)n([C@@H]2OC3COP(=O)(O)OC3[C@H]2O)cc1F. The summed E-state index contributed by atoms with van der Waals surface area (Å²) >= 11 is 0. The van der Waals surface area contributed by atoms with Gasteiger partial charge in [0.1, 0.15) is 18.3 Å². The first-order chi connectivity index (χ1) is 9.78. The minimum Gasteiger partial charge on any atom is -0.386 e. The summed E-state index contributed by atoms with van der Waals surface area (Å²) in [6.45, 7) is -0.314. The van der Waals surface area contributed by atoms with Crippen molar-refractivity contribution in [3.63, 3.8) is 0 Å². The Hall–Kier alpha value is -1.36. The van der Waals surface area contributed by atoms with Crippen molar-refractivity contribution < 1.29 is 32.7 Å². The Bertz CT molecular complexity index is 682. The average molecular weight is 323 g/mol. The van der Waals surface area contributed by atoms with E-state index in [9.17, 15) is 23.7 Å². The fraction of sp³-hybridized carbons (Fsp3) is 0.556. The lowest BCUT2D eigenvalue weighted by molar-refractivity contribution is -0.0687. The quantitative estimate of drug-likeness (QED) is 0.539. The third kappa shape index (κ3) is 2.48. The highest BCUT2D eigenvalue weighted by molar-refractivity contribution is 7.47. The first-order valence-corrected chi connectivity index (χ1v) is 7.31. The number of aliphatic hydroxyl groups is 1. The molecular formula is C9H11FN3O7P. The molecule has 2 aliphatic heterocycles. The predicted molar refractivity (Wildman–Crippen MR) is 63.4 cm³/mol. The summed E-state index contributed by atoms with van der Waals surface area (Å²) < 4.78 is 40.0. The lowest BCUT2D eigenvalue weighted by atomic mass is 10.1. The summed E-state index contributed by atoms with van der Waals surface area (Å²) in [5.41, 5.74) is 4.22. The van der Waals surface area contributed by atoms with E-state index in [1.54, 1.807) is 0 Å². The fourth-order valence-corrected chi connectivity index (χ4v) is 3.17. The molecule has 0 aromatic carbocycles. The highest BCUT2D eigenvalue weighted by Gasteiger charge is 2.52. The number of hydrogen-bond donors (Lipinski definition) is 3. The molecule has 4 N–H and O–H groups in total. The molecule has 10 nitrogen and oxygen atoms in total. The second kappa shape index (κ2) is 4.83. The largest absolute Gasteiger partial charge is 0.472 e. The molecule has 2 fully saturated rings. The number of halogens is 1. The van der Waals surface area contributed by atoms with Gasteiger partial charge in [-0.15, -0.1) is 0 Å². The van der Waals surface area contributed by atoms with Crippen molar-refractivity contribution in [2.75, 3.05) is 12.3 Å². The van der Waals surface area contributed by atoms with Crippen molar-refractivity contribution >= 4 is 13.6 Å². The molecule has 3 rings (SSSR count). The highest BCUT2D eigenvalue weighted by atomic mass is 31.2. The minimum absolute atomic E-state index is 0.314. The molecule has 1 aromatic rings.